The summed E-state index contributed by atoms with van der Waals surface area (Å²) in [6.07, 6.45) is 4.24. The van der Waals surface area contributed by atoms with Crippen LogP contribution >= 0.6 is 0 Å². The van der Waals surface area contributed by atoms with Crippen molar-refractivity contribution in [3.63, 3.8) is 0 Å². The number of ether oxygens (including phenoxy) is 1. The standard InChI is InChI=1S/C15H29N3O2/c1-2-17(13-14-5-3-7-16-14)8-4-6-15(19)18-9-11-20-12-10-18/h14,16H,2-13H2,1H3. The number of nitrogens with zero attached hydrogens (tertiary/aromatic N) is 2. The molecule has 1 unspecified atom stereocenters. The van der Waals surface area contributed by atoms with E-state index >= 15 is 0 Å². The van der Waals surface area contributed by atoms with Gasteiger partial charge in [-0.05, 0) is 38.9 Å². The van der Waals surface area contributed by atoms with Crippen LogP contribution in [0.2, 0.25) is 0 Å². The summed E-state index contributed by atoms with van der Waals surface area (Å²) in [5.41, 5.74) is 0. The highest BCUT2D eigenvalue weighted by molar-refractivity contribution is 5.76. The summed E-state index contributed by atoms with van der Waals surface area (Å²) in [6.45, 7) is 9.53. The van der Waals surface area contributed by atoms with Gasteiger partial charge in [0.05, 0.1) is 13.2 Å². The zero-order valence-corrected chi connectivity index (χ0v) is 12.8. The first kappa shape index (κ1) is 15.7. The molecule has 116 valence electrons. The fourth-order valence-corrected chi connectivity index (χ4v) is 3.03. The lowest BCUT2D eigenvalue weighted by Crippen LogP contribution is -2.41. The molecular formula is C15H29N3O2. The predicted molar refractivity (Wildman–Crippen MR) is 79.8 cm³/mol. The Kier molecular flexibility index (Phi) is 6.76. The normalized spacial score (nSPS) is 23.5. The number of morpholine rings is 1. The molecule has 1 amide bonds. The molecule has 0 aromatic carbocycles. The van der Waals surface area contributed by atoms with Gasteiger partial charge in [-0.3, -0.25) is 4.79 Å². The summed E-state index contributed by atoms with van der Waals surface area (Å²) < 4.78 is 5.28. The Balaban J connectivity index is 1.61. The van der Waals surface area contributed by atoms with Crippen LogP contribution in [0.15, 0.2) is 0 Å². The smallest absolute Gasteiger partial charge is 0.222 e. The number of nitrogens with one attached hydrogen (secondary N) is 1. The van der Waals surface area contributed by atoms with Gasteiger partial charge in [-0.25, -0.2) is 0 Å². The van der Waals surface area contributed by atoms with E-state index < -0.39 is 0 Å². The van der Waals surface area contributed by atoms with Gasteiger partial charge in [0.2, 0.25) is 5.91 Å². The highest BCUT2D eigenvalue weighted by Gasteiger charge is 2.19. The molecule has 5 nitrogen and oxygen atoms in total. The van der Waals surface area contributed by atoms with E-state index in [0.717, 1.165) is 45.7 Å². The largest absolute Gasteiger partial charge is 0.378 e. The lowest BCUT2D eigenvalue weighted by atomic mass is 10.2. The molecule has 0 spiro atoms. The van der Waals surface area contributed by atoms with Gasteiger partial charge in [0.25, 0.3) is 0 Å². The summed E-state index contributed by atoms with van der Waals surface area (Å²) in [7, 11) is 0. The molecule has 0 bridgehead atoms. The Morgan fingerprint density at radius 2 is 2.20 bits per heavy atom. The lowest BCUT2D eigenvalue weighted by Gasteiger charge is -2.28. The maximum atomic E-state index is 12.1. The van der Waals surface area contributed by atoms with Crippen LogP contribution in [-0.4, -0.2) is 74.2 Å². The zero-order valence-electron chi connectivity index (χ0n) is 12.8. The van der Waals surface area contributed by atoms with Gasteiger partial charge in [0.15, 0.2) is 0 Å². The lowest BCUT2D eigenvalue weighted by molar-refractivity contribution is -0.135. The second kappa shape index (κ2) is 8.60. The fourth-order valence-electron chi connectivity index (χ4n) is 3.03. The zero-order chi connectivity index (χ0) is 14.2. The van der Waals surface area contributed by atoms with Crippen LogP contribution < -0.4 is 5.32 Å². The number of amides is 1. The number of rotatable bonds is 7. The molecule has 2 aliphatic heterocycles. The van der Waals surface area contributed by atoms with E-state index in [1.54, 1.807) is 0 Å². The van der Waals surface area contributed by atoms with E-state index in [4.69, 9.17) is 4.74 Å². The first-order valence-corrected chi connectivity index (χ1v) is 8.11. The molecule has 2 saturated heterocycles. The van der Waals surface area contributed by atoms with E-state index in [-0.39, 0.29) is 0 Å². The van der Waals surface area contributed by atoms with Crippen molar-refractivity contribution in [1.29, 1.82) is 0 Å². The van der Waals surface area contributed by atoms with Gasteiger partial charge in [0.1, 0.15) is 0 Å². The molecule has 1 atom stereocenters. The van der Waals surface area contributed by atoms with Crippen LogP contribution in [0.25, 0.3) is 0 Å². The van der Waals surface area contributed by atoms with Crippen molar-refractivity contribution in [3.8, 4) is 0 Å². The van der Waals surface area contributed by atoms with Crippen molar-refractivity contribution in [2.45, 2.75) is 38.6 Å². The maximum absolute atomic E-state index is 12.1. The number of likely N-dealkylation sites (N-methyl/N-ethyl adjacent to an activating group) is 1. The molecule has 2 rings (SSSR count). The molecule has 0 aromatic rings. The van der Waals surface area contributed by atoms with Gasteiger partial charge < -0.3 is 19.9 Å². The van der Waals surface area contributed by atoms with Crippen LogP contribution in [-0.2, 0) is 9.53 Å². The third kappa shape index (κ3) is 5.04. The van der Waals surface area contributed by atoms with Crippen molar-refractivity contribution in [3.05, 3.63) is 0 Å². The van der Waals surface area contributed by atoms with Crippen molar-refractivity contribution in [2.75, 3.05) is 52.5 Å². The molecule has 2 fully saturated rings. The van der Waals surface area contributed by atoms with E-state index in [0.29, 0.717) is 31.6 Å². The van der Waals surface area contributed by atoms with Crippen molar-refractivity contribution < 1.29 is 9.53 Å². The van der Waals surface area contributed by atoms with Crippen molar-refractivity contribution in [2.24, 2.45) is 0 Å². The topological polar surface area (TPSA) is 44.8 Å². The molecule has 0 aliphatic carbocycles. The summed E-state index contributed by atoms with van der Waals surface area (Å²) in [4.78, 5) is 16.5. The first-order valence-electron chi connectivity index (χ1n) is 8.11. The average Bonchev–Trinajstić information content (AvgIpc) is 3.00. The Morgan fingerprint density at radius 3 is 2.85 bits per heavy atom. The molecule has 0 saturated carbocycles. The molecule has 5 heteroatoms. The fraction of sp³-hybridized carbons (Fsp3) is 0.933. The molecular weight excluding hydrogens is 254 g/mol. The third-order valence-electron chi connectivity index (χ3n) is 4.32. The van der Waals surface area contributed by atoms with Gasteiger partial charge in [-0.15, -0.1) is 0 Å². The molecule has 2 heterocycles. The predicted octanol–water partition coefficient (Wildman–Crippen LogP) is 0.699. The number of hydrogen-bond acceptors (Lipinski definition) is 4. The van der Waals surface area contributed by atoms with Gasteiger partial charge in [-0.1, -0.05) is 6.92 Å². The Morgan fingerprint density at radius 1 is 1.40 bits per heavy atom. The molecule has 1 N–H and O–H groups in total. The van der Waals surface area contributed by atoms with E-state index in [1.807, 2.05) is 4.90 Å². The second-order valence-electron chi connectivity index (χ2n) is 5.78. The van der Waals surface area contributed by atoms with Crippen LogP contribution in [0, 0.1) is 0 Å². The Labute approximate surface area is 122 Å². The van der Waals surface area contributed by atoms with Gasteiger partial charge in [-0.2, -0.15) is 0 Å². The van der Waals surface area contributed by atoms with Gasteiger partial charge in [0, 0.05) is 32.1 Å². The quantitative estimate of drug-likeness (QED) is 0.747. The molecule has 0 radical (unpaired) electrons. The SMILES string of the molecule is CCN(CCCC(=O)N1CCOCC1)CC1CCCN1. The second-order valence-corrected chi connectivity index (χ2v) is 5.78. The minimum atomic E-state index is 0.295. The summed E-state index contributed by atoms with van der Waals surface area (Å²) in [6, 6.07) is 0.657. The minimum Gasteiger partial charge on any atom is -0.378 e. The highest BCUT2D eigenvalue weighted by Crippen LogP contribution is 2.08. The first-order chi connectivity index (χ1) is 9.79. The van der Waals surface area contributed by atoms with Crippen LogP contribution in [0.3, 0.4) is 0 Å². The van der Waals surface area contributed by atoms with E-state index in [9.17, 15) is 4.79 Å². The average molecular weight is 283 g/mol. The molecule has 2 aliphatic rings. The summed E-state index contributed by atoms with van der Waals surface area (Å²) in [5, 5.41) is 3.54. The Hall–Kier alpha value is -0.650. The van der Waals surface area contributed by atoms with Gasteiger partial charge >= 0.3 is 0 Å². The third-order valence-corrected chi connectivity index (χ3v) is 4.32. The monoisotopic (exact) mass is 283 g/mol. The number of hydrogen-bond donors (Lipinski definition) is 1. The minimum absolute atomic E-state index is 0.295. The summed E-state index contributed by atoms with van der Waals surface area (Å²) in [5.74, 6) is 0.295. The van der Waals surface area contributed by atoms with Crippen LogP contribution in [0.4, 0.5) is 0 Å². The van der Waals surface area contributed by atoms with Crippen molar-refractivity contribution >= 4 is 5.91 Å². The Bertz CT molecular complexity index is 287. The highest BCUT2D eigenvalue weighted by atomic mass is 16.5. The number of carbonyl (C=O) groups is 1. The van der Waals surface area contributed by atoms with Crippen molar-refractivity contribution in [1.82, 2.24) is 15.1 Å². The maximum Gasteiger partial charge on any atom is 0.222 e. The van der Waals surface area contributed by atoms with E-state index in [2.05, 4.69) is 17.1 Å². The van der Waals surface area contributed by atoms with Crippen LogP contribution in [0.5, 0.6) is 0 Å². The van der Waals surface area contributed by atoms with Crippen LogP contribution in [0.1, 0.15) is 32.6 Å². The molecule has 0 aromatic heterocycles. The van der Waals surface area contributed by atoms with E-state index in [1.165, 1.54) is 12.8 Å². The number of carbonyl (C=O) groups excluding carboxylic acids is 1. The molecule has 20 heavy (non-hydrogen) atoms. The summed E-state index contributed by atoms with van der Waals surface area (Å²) >= 11 is 0.